The average Bonchev–Trinajstić information content (AvgIpc) is 2.99. The van der Waals surface area contributed by atoms with Crippen LogP contribution in [0.25, 0.3) is 0 Å². The highest BCUT2D eigenvalue weighted by molar-refractivity contribution is 7.92. The summed E-state index contributed by atoms with van der Waals surface area (Å²) in [6, 6.07) is 5.12. The molecule has 0 fully saturated rings. The van der Waals surface area contributed by atoms with Crippen LogP contribution in [0.1, 0.15) is 32.2 Å². The second-order valence-electron chi connectivity index (χ2n) is 5.85. The molecule has 0 bridgehead atoms. The van der Waals surface area contributed by atoms with Gasteiger partial charge in [0.2, 0.25) is 0 Å². The fourth-order valence-electron chi connectivity index (χ4n) is 2.47. The van der Waals surface area contributed by atoms with Gasteiger partial charge in [0.15, 0.2) is 0 Å². The average molecular weight is 322 g/mol. The van der Waals surface area contributed by atoms with E-state index in [1.807, 2.05) is 26.8 Å². The highest BCUT2D eigenvalue weighted by Gasteiger charge is 2.35. The van der Waals surface area contributed by atoms with Crippen molar-refractivity contribution in [3.8, 4) is 5.75 Å². The molecule has 1 aliphatic rings. The molecule has 2 aromatic rings. The van der Waals surface area contributed by atoms with E-state index in [1.54, 1.807) is 6.07 Å². The Kier molecular flexibility index (Phi) is 3.36. The zero-order chi connectivity index (χ0) is 16.0. The molecule has 2 heterocycles. The van der Waals surface area contributed by atoms with E-state index in [-0.39, 0.29) is 10.8 Å². The number of fused-ring (bicyclic) bond motifs is 1. The summed E-state index contributed by atoms with van der Waals surface area (Å²) in [4.78, 5) is 4.17. The van der Waals surface area contributed by atoms with Crippen molar-refractivity contribution < 1.29 is 13.2 Å². The molecule has 0 atom stereocenters. The first-order chi connectivity index (χ1) is 10.3. The van der Waals surface area contributed by atoms with Crippen molar-refractivity contribution in [2.75, 3.05) is 4.72 Å². The SMILES string of the molecule is CCc1nc(NS(=O)(=O)c2cccc3c2OC(C)(C)C3)n[nH]1. The third-order valence-electron chi connectivity index (χ3n) is 3.44. The van der Waals surface area contributed by atoms with Crippen molar-refractivity contribution in [1.82, 2.24) is 15.2 Å². The molecule has 0 radical (unpaired) electrons. The Labute approximate surface area is 129 Å². The van der Waals surface area contributed by atoms with Crippen molar-refractivity contribution in [2.24, 2.45) is 0 Å². The minimum Gasteiger partial charge on any atom is -0.486 e. The Morgan fingerprint density at radius 3 is 2.86 bits per heavy atom. The van der Waals surface area contributed by atoms with Gasteiger partial charge in [-0.25, -0.2) is 13.1 Å². The second-order valence-corrected chi connectivity index (χ2v) is 7.50. The number of benzene rings is 1. The van der Waals surface area contributed by atoms with Crippen LogP contribution in [0.2, 0.25) is 0 Å². The van der Waals surface area contributed by atoms with Crippen LogP contribution in [0.3, 0.4) is 0 Å². The smallest absolute Gasteiger partial charge is 0.267 e. The number of sulfonamides is 1. The number of aromatic amines is 1. The summed E-state index contributed by atoms with van der Waals surface area (Å²) in [5, 5.41) is 6.53. The molecule has 0 spiro atoms. The van der Waals surface area contributed by atoms with E-state index in [2.05, 4.69) is 19.9 Å². The van der Waals surface area contributed by atoms with E-state index < -0.39 is 15.6 Å². The van der Waals surface area contributed by atoms with Crippen LogP contribution in [0.4, 0.5) is 5.95 Å². The summed E-state index contributed by atoms with van der Waals surface area (Å²) in [5.74, 6) is 1.06. The topological polar surface area (TPSA) is 97.0 Å². The van der Waals surface area contributed by atoms with E-state index in [0.29, 0.717) is 24.4 Å². The third-order valence-corrected chi connectivity index (χ3v) is 4.79. The maximum absolute atomic E-state index is 12.6. The van der Waals surface area contributed by atoms with E-state index in [9.17, 15) is 8.42 Å². The molecule has 8 heteroatoms. The first kappa shape index (κ1) is 14.8. The molecule has 7 nitrogen and oxygen atoms in total. The van der Waals surface area contributed by atoms with Crippen LogP contribution < -0.4 is 9.46 Å². The summed E-state index contributed by atoms with van der Waals surface area (Å²) in [6.45, 7) is 5.76. The number of H-pyrrole nitrogens is 1. The van der Waals surface area contributed by atoms with Crippen molar-refractivity contribution in [3.05, 3.63) is 29.6 Å². The Hall–Kier alpha value is -2.09. The molecular weight excluding hydrogens is 304 g/mol. The Morgan fingerprint density at radius 1 is 1.41 bits per heavy atom. The number of hydrogen-bond acceptors (Lipinski definition) is 5. The third kappa shape index (κ3) is 2.66. The predicted molar refractivity (Wildman–Crippen MR) is 81.4 cm³/mol. The van der Waals surface area contributed by atoms with Gasteiger partial charge in [0, 0.05) is 12.8 Å². The summed E-state index contributed by atoms with van der Waals surface area (Å²) in [7, 11) is -3.80. The molecule has 1 aromatic carbocycles. The largest absolute Gasteiger partial charge is 0.486 e. The Morgan fingerprint density at radius 2 is 2.18 bits per heavy atom. The first-order valence-electron chi connectivity index (χ1n) is 7.06. The minimum absolute atomic E-state index is 0.0340. The molecule has 3 rings (SSSR count). The fraction of sp³-hybridized carbons (Fsp3) is 0.429. The van der Waals surface area contributed by atoms with Gasteiger partial charge in [-0.1, -0.05) is 19.1 Å². The summed E-state index contributed by atoms with van der Waals surface area (Å²) in [5.41, 5.74) is 0.477. The van der Waals surface area contributed by atoms with Gasteiger partial charge in [-0.2, -0.15) is 4.98 Å². The monoisotopic (exact) mass is 322 g/mol. The number of anilines is 1. The number of nitrogens with zero attached hydrogens (tertiary/aromatic N) is 2. The maximum atomic E-state index is 12.6. The lowest BCUT2D eigenvalue weighted by molar-refractivity contribution is 0.135. The molecule has 0 saturated heterocycles. The van der Waals surface area contributed by atoms with Crippen molar-refractivity contribution in [2.45, 2.75) is 44.1 Å². The van der Waals surface area contributed by atoms with Gasteiger partial charge in [-0.15, -0.1) is 5.10 Å². The first-order valence-corrected chi connectivity index (χ1v) is 8.54. The lowest BCUT2D eigenvalue weighted by Crippen LogP contribution is -2.25. The van der Waals surface area contributed by atoms with E-state index in [0.717, 1.165) is 5.56 Å². The van der Waals surface area contributed by atoms with Gasteiger partial charge in [0.05, 0.1) is 0 Å². The van der Waals surface area contributed by atoms with Gasteiger partial charge in [-0.05, 0) is 25.5 Å². The number of rotatable bonds is 4. The van der Waals surface area contributed by atoms with Crippen LogP contribution in [0.15, 0.2) is 23.1 Å². The highest BCUT2D eigenvalue weighted by Crippen LogP contribution is 2.39. The fourth-order valence-corrected chi connectivity index (χ4v) is 3.59. The van der Waals surface area contributed by atoms with E-state index in [1.165, 1.54) is 6.07 Å². The van der Waals surface area contributed by atoms with Gasteiger partial charge in [0.1, 0.15) is 22.1 Å². The molecule has 0 unspecified atom stereocenters. The molecule has 0 saturated carbocycles. The maximum Gasteiger partial charge on any atom is 0.267 e. The molecule has 1 aliphatic heterocycles. The quantitative estimate of drug-likeness (QED) is 0.896. The number of aromatic nitrogens is 3. The molecule has 1 aromatic heterocycles. The van der Waals surface area contributed by atoms with E-state index in [4.69, 9.17) is 4.74 Å². The molecule has 118 valence electrons. The molecule has 2 N–H and O–H groups in total. The van der Waals surface area contributed by atoms with Crippen molar-refractivity contribution in [1.29, 1.82) is 0 Å². The zero-order valence-electron chi connectivity index (χ0n) is 12.7. The number of nitrogens with one attached hydrogen (secondary N) is 2. The van der Waals surface area contributed by atoms with Crippen LogP contribution in [-0.2, 0) is 22.9 Å². The minimum atomic E-state index is -3.80. The van der Waals surface area contributed by atoms with E-state index >= 15 is 0 Å². The Balaban J connectivity index is 1.96. The number of aryl methyl sites for hydroxylation is 1. The van der Waals surface area contributed by atoms with Gasteiger partial charge < -0.3 is 4.74 Å². The number of para-hydroxylation sites is 1. The lowest BCUT2D eigenvalue weighted by Gasteiger charge is -2.18. The number of ether oxygens (including phenoxy) is 1. The lowest BCUT2D eigenvalue weighted by atomic mass is 10.0. The molecule has 22 heavy (non-hydrogen) atoms. The van der Waals surface area contributed by atoms with Gasteiger partial charge in [-0.3, -0.25) is 5.10 Å². The van der Waals surface area contributed by atoms with Crippen LogP contribution in [0, 0.1) is 0 Å². The Bertz CT molecular complexity index is 811. The van der Waals surface area contributed by atoms with Crippen LogP contribution in [0.5, 0.6) is 5.75 Å². The summed E-state index contributed by atoms with van der Waals surface area (Å²) in [6.07, 6.45) is 1.32. The predicted octanol–water partition coefficient (Wildman–Crippen LogP) is 1.88. The molecule has 0 aliphatic carbocycles. The van der Waals surface area contributed by atoms with Crippen LogP contribution >= 0.6 is 0 Å². The highest BCUT2D eigenvalue weighted by atomic mass is 32.2. The molecular formula is C14H18N4O3S. The van der Waals surface area contributed by atoms with Crippen LogP contribution in [-0.4, -0.2) is 29.2 Å². The number of hydrogen-bond donors (Lipinski definition) is 2. The molecule has 0 amide bonds. The summed E-state index contributed by atoms with van der Waals surface area (Å²) >= 11 is 0. The normalized spacial score (nSPS) is 16.1. The standard InChI is InChI=1S/C14H18N4O3S/c1-4-11-15-13(17-16-11)18-22(19,20)10-7-5-6-9-8-14(2,3)21-12(9)10/h5-7H,4,8H2,1-3H3,(H2,15,16,17,18). The van der Waals surface area contributed by atoms with Gasteiger partial charge in [0.25, 0.3) is 16.0 Å². The zero-order valence-corrected chi connectivity index (χ0v) is 13.5. The second kappa shape index (κ2) is 4.98. The van der Waals surface area contributed by atoms with Crippen molar-refractivity contribution >= 4 is 16.0 Å². The van der Waals surface area contributed by atoms with Crippen molar-refractivity contribution in [3.63, 3.8) is 0 Å². The van der Waals surface area contributed by atoms with Gasteiger partial charge >= 0.3 is 0 Å². The summed E-state index contributed by atoms with van der Waals surface area (Å²) < 4.78 is 33.4.